The molecule has 7 nitrogen and oxygen atoms in total. The van der Waals surface area contributed by atoms with Crippen molar-refractivity contribution in [2.75, 3.05) is 18.4 Å². The first-order valence-electron chi connectivity index (χ1n) is 11.8. The Bertz CT molecular complexity index is 1130. The molecule has 2 aromatic heterocycles. The summed E-state index contributed by atoms with van der Waals surface area (Å²) in [6.45, 7) is 3.91. The second kappa shape index (κ2) is 9.79. The number of ether oxygens (including phenoxy) is 1. The van der Waals surface area contributed by atoms with E-state index >= 15 is 0 Å². The highest BCUT2D eigenvalue weighted by molar-refractivity contribution is 6.30. The minimum absolute atomic E-state index is 0.146. The van der Waals surface area contributed by atoms with Crippen LogP contribution in [-0.2, 0) is 0 Å². The third-order valence-corrected chi connectivity index (χ3v) is 6.98. The highest BCUT2D eigenvalue weighted by atomic mass is 35.5. The third kappa shape index (κ3) is 5.05. The average Bonchev–Trinajstić information content (AvgIpc) is 2.82. The van der Waals surface area contributed by atoms with Crippen molar-refractivity contribution in [3.05, 3.63) is 46.7 Å². The number of rotatable bonds is 5. The number of hydrogen-bond acceptors (Lipinski definition) is 7. The number of aryl methyl sites for hydroxylation is 1. The number of benzene rings is 1. The molecule has 0 spiro atoms. The van der Waals surface area contributed by atoms with E-state index in [-0.39, 0.29) is 12.2 Å². The van der Waals surface area contributed by atoms with Crippen LogP contribution in [0.25, 0.3) is 10.9 Å². The summed E-state index contributed by atoms with van der Waals surface area (Å²) in [5, 5.41) is 18.2. The van der Waals surface area contributed by atoms with Gasteiger partial charge in [-0.2, -0.15) is 0 Å². The van der Waals surface area contributed by atoms with Gasteiger partial charge in [0.2, 0.25) is 11.8 Å². The number of piperidine rings is 1. The Hall–Kier alpha value is -2.48. The van der Waals surface area contributed by atoms with E-state index in [1.165, 1.54) is 0 Å². The minimum Gasteiger partial charge on any atom is -0.474 e. The molecule has 3 heterocycles. The van der Waals surface area contributed by atoms with Gasteiger partial charge in [-0.05, 0) is 88.2 Å². The van der Waals surface area contributed by atoms with Crippen molar-refractivity contribution < 1.29 is 9.84 Å². The maximum atomic E-state index is 9.98. The number of fused-ring (bicyclic) bond motifs is 1. The van der Waals surface area contributed by atoms with Gasteiger partial charge in [0, 0.05) is 28.7 Å². The first kappa shape index (κ1) is 22.3. The summed E-state index contributed by atoms with van der Waals surface area (Å²) in [5.74, 6) is 1.45. The summed E-state index contributed by atoms with van der Waals surface area (Å²) in [6.07, 6.45) is 9.06. The van der Waals surface area contributed by atoms with Gasteiger partial charge in [0.1, 0.15) is 6.10 Å². The lowest BCUT2D eigenvalue weighted by Gasteiger charge is -2.27. The van der Waals surface area contributed by atoms with Crippen LogP contribution >= 0.6 is 11.6 Å². The predicted octanol–water partition coefficient (Wildman–Crippen LogP) is 4.88. The van der Waals surface area contributed by atoms with Crippen LogP contribution in [0.4, 0.5) is 11.6 Å². The molecule has 3 aromatic rings. The molecule has 1 aliphatic carbocycles. The van der Waals surface area contributed by atoms with Gasteiger partial charge in [0.25, 0.3) is 0 Å². The quantitative estimate of drug-likeness (QED) is 0.492. The zero-order valence-corrected chi connectivity index (χ0v) is 19.6. The van der Waals surface area contributed by atoms with Gasteiger partial charge < -0.3 is 20.5 Å². The molecule has 8 heteroatoms. The Kier molecular flexibility index (Phi) is 6.62. The summed E-state index contributed by atoms with van der Waals surface area (Å²) >= 11 is 6.11. The van der Waals surface area contributed by atoms with Crippen molar-refractivity contribution in [1.29, 1.82) is 0 Å². The molecule has 1 aromatic carbocycles. The molecule has 1 saturated carbocycles. The van der Waals surface area contributed by atoms with Gasteiger partial charge in [-0.15, -0.1) is 0 Å². The Morgan fingerprint density at radius 1 is 1.06 bits per heavy atom. The SMILES string of the molecule is Cc1cc(Cl)ccc1Nc1ncc2c(OC3CCNCC3)ncc([C@H]3CC[C@H](O)CC3)c2n1. The first-order valence-corrected chi connectivity index (χ1v) is 12.2. The number of anilines is 2. The summed E-state index contributed by atoms with van der Waals surface area (Å²) in [6, 6.07) is 5.71. The molecule has 0 bridgehead atoms. The van der Waals surface area contributed by atoms with Crippen LogP contribution in [0, 0.1) is 6.92 Å². The number of aliphatic hydroxyl groups is 1. The van der Waals surface area contributed by atoms with Crippen LogP contribution in [-0.4, -0.2) is 45.4 Å². The Balaban J connectivity index is 1.51. The molecule has 2 fully saturated rings. The lowest BCUT2D eigenvalue weighted by molar-refractivity contribution is 0.122. The zero-order valence-electron chi connectivity index (χ0n) is 18.9. The van der Waals surface area contributed by atoms with Crippen LogP contribution < -0.4 is 15.4 Å². The molecule has 0 amide bonds. The number of halogens is 1. The van der Waals surface area contributed by atoms with Gasteiger partial charge in [-0.1, -0.05) is 11.6 Å². The average molecular weight is 468 g/mol. The standard InChI is InChI=1S/C25H30ClN5O2/c1-15-12-17(26)4-7-22(15)30-25-29-14-21-23(31-25)20(16-2-5-18(32)6-3-16)13-28-24(21)33-19-8-10-27-11-9-19/h4,7,12-14,16,18-19,27,32H,2-3,5-6,8-11H2,1H3,(H,29,30,31)/t16-,18-. The highest BCUT2D eigenvalue weighted by Gasteiger charge is 2.25. The van der Waals surface area contributed by atoms with Crippen molar-refractivity contribution in [2.24, 2.45) is 0 Å². The Morgan fingerprint density at radius 3 is 2.61 bits per heavy atom. The van der Waals surface area contributed by atoms with Gasteiger partial charge in [0.05, 0.1) is 17.0 Å². The molecule has 33 heavy (non-hydrogen) atoms. The van der Waals surface area contributed by atoms with Crippen LogP contribution in [0.15, 0.2) is 30.6 Å². The molecule has 0 radical (unpaired) electrons. The molecular weight excluding hydrogens is 438 g/mol. The topological polar surface area (TPSA) is 92.2 Å². The Labute approximate surface area is 199 Å². The van der Waals surface area contributed by atoms with Crippen LogP contribution in [0.1, 0.15) is 55.6 Å². The van der Waals surface area contributed by atoms with E-state index in [1.54, 1.807) is 0 Å². The monoisotopic (exact) mass is 467 g/mol. The fraction of sp³-hybridized carbons (Fsp3) is 0.480. The van der Waals surface area contributed by atoms with E-state index in [0.29, 0.717) is 22.8 Å². The summed E-state index contributed by atoms with van der Waals surface area (Å²) in [4.78, 5) is 14.2. The maximum Gasteiger partial charge on any atom is 0.227 e. The van der Waals surface area contributed by atoms with Crippen molar-refractivity contribution in [3.8, 4) is 5.88 Å². The molecule has 1 aliphatic heterocycles. The van der Waals surface area contributed by atoms with E-state index in [9.17, 15) is 5.11 Å². The fourth-order valence-corrected chi connectivity index (χ4v) is 5.04. The van der Waals surface area contributed by atoms with Gasteiger partial charge in [0.15, 0.2) is 0 Å². The van der Waals surface area contributed by atoms with E-state index < -0.39 is 0 Å². The number of nitrogens with zero attached hydrogens (tertiary/aromatic N) is 3. The second-order valence-electron chi connectivity index (χ2n) is 9.13. The summed E-state index contributed by atoms with van der Waals surface area (Å²) in [5.41, 5.74) is 3.92. The molecule has 2 aliphatic rings. The molecule has 0 atom stereocenters. The van der Waals surface area contributed by atoms with E-state index in [1.807, 2.05) is 37.5 Å². The lowest BCUT2D eigenvalue weighted by Crippen LogP contribution is -2.34. The van der Waals surface area contributed by atoms with E-state index in [2.05, 4.69) is 15.6 Å². The molecule has 0 unspecified atom stereocenters. The molecule has 5 rings (SSSR count). The number of hydrogen-bond donors (Lipinski definition) is 3. The van der Waals surface area contributed by atoms with Gasteiger partial charge in [-0.25, -0.2) is 15.0 Å². The van der Waals surface area contributed by atoms with Crippen molar-refractivity contribution in [2.45, 2.75) is 63.6 Å². The molecular formula is C25H30ClN5O2. The van der Waals surface area contributed by atoms with Gasteiger partial charge in [-0.3, -0.25) is 0 Å². The van der Waals surface area contributed by atoms with Crippen molar-refractivity contribution >= 4 is 34.1 Å². The van der Waals surface area contributed by atoms with Crippen LogP contribution in [0.3, 0.4) is 0 Å². The Morgan fingerprint density at radius 2 is 1.85 bits per heavy atom. The lowest BCUT2D eigenvalue weighted by atomic mass is 9.83. The number of aromatic nitrogens is 3. The van der Waals surface area contributed by atoms with Crippen molar-refractivity contribution in [1.82, 2.24) is 20.3 Å². The minimum atomic E-state index is -0.206. The summed E-state index contributed by atoms with van der Waals surface area (Å²) < 4.78 is 6.31. The molecule has 174 valence electrons. The number of pyridine rings is 1. The largest absolute Gasteiger partial charge is 0.474 e. The maximum absolute atomic E-state index is 9.98. The number of aliphatic hydroxyl groups excluding tert-OH is 1. The first-order chi connectivity index (χ1) is 16.1. The number of nitrogens with one attached hydrogen (secondary N) is 2. The van der Waals surface area contributed by atoms with Gasteiger partial charge >= 0.3 is 0 Å². The third-order valence-electron chi connectivity index (χ3n) is 6.75. The molecule has 3 N–H and O–H groups in total. The smallest absolute Gasteiger partial charge is 0.227 e. The second-order valence-corrected chi connectivity index (χ2v) is 9.57. The summed E-state index contributed by atoms with van der Waals surface area (Å²) in [7, 11) is 0. The predicted molar refractivity (Wildman–Crippen MR) is 131 cm³/mol. The normalized spacial score (nSPS) is 21.8. The zero-order chi connectivity index (χ0) is 22.8. The van der Waals surface area contributed by atoms with Crippen LogP contribution in [0.2, 0.25) is 5.02 Å². The van der Waals surface area contributed by atoms with E-state index in [0.717, 1.165) is 79.3 Å². The van der Waals surface area contributed by atoms with Crippen LogP contribution in [0.5, 0.6) is 5.88 Å². The van der Waals surface area contributed by atoms with E-state index in [4.69, 9.17) is 26.3 Å². The molecule has 1 saturated heterocycles. The van der Waals surface area contributed by atoms with Crippen molar-refractivity contribution in [3.63, 3.8) is 0 Å². The fourth-order valence-electron chi connectivity index (χ4n) is 4.82. The highest BCUT2D eigenvalue weighted by Crippen LogP contribution is 2.38.